The largest absolute Gasteiger partial charge is 0.830 e. The lowest BCUT2D eigenvalue weighted by molar-refractivity contribution is -0.296. The molecule has 0 aromatic rings. The molecule has 0 bridgehead atoms. The van der Waals surface area contributed by atoms with Crippen LogP contribution in [0.5, 0.6) is 0 Å². The third kappa shape index (κ3) is 3.97. The quantitative estimate of drug-likeness (QED) is 0.460. The van der Waals surface area contributed by atoms with Gasteiger partial charge in [0.2, 0.25) is 0 Å². The van der Waals surface area contributed by atoms with Gasteiger partial charge < -0.3 is 14.9 Å². The molecule has 0 saturated heterocycles. The Morgan fingerprint density at radius 1 is 1.75 bits per heavy atom. The lowest BCUT2D eigenvalue weighted by Crippen LogP contribution is -2.29. The SMILES string of the molecule is CC(C#N)NP([O-])[O-]. The molecular formula is C3H5N2O2P-2. The topological polar surface area (TPSA) is 81.9 Å². The molecule has 0 spiro atoms. The van der Waals surface area contributed by atoms with Gasteiger partial charge in [0.05, 0.1) is 12.1 Å². The van der Waals surface area contributed by atoms with Gasteiger partial charge >= 0.3 is 0 Å². The van der Waals surface area contributed by atoms with Crippen molar-refractivity contribution >= 4 is 8.53 Å². The molecule has 0 fully saturated rings. The van der Waals surface area contributed by atoms with Crippen LogP contribution in [0.1, 0.15) is 6.92 Å². The number of hydrogen-bond acceptors (Lipinski definition) is 4. The van der Waals surface area contributed by atoms with Crippen LogP contribution in [0.2, 0.25) is 0 Å². The van der Waals surface area contributed by atoms with Crippen molar-refractivity contribution in [3.63, 3.8) is 0 Å². The van der Waals surface area contributed by atoms with Gasteiger partial charge in [-0.1, -0.05) is 0 Å². The van der Waals surface area contributed by atoms with E-state index in [9.17, 15) is 9.79 Å². The van der Waals surface area contributed by atoms with Crippen LogP contribution in [0.25, 0.3) is 0 Å². The normalized spacial score (nSPS) is 13.4. The lowest BCUT2D eigenvalue weighted by Gasteiger charge is -2.32. The van der Waals surface area contributed by atoms with Gasteiger partial charge in [0.15, 0.2) is 0 Å². The molecule has 1 unspecified atom stereocenters. The predicted octanol–water partition coefficient (Wildman–Crippen LogP) is -1.56. The van der Waals surface area contributed by atoms with Crippen molar-refractivity contribution in [2.45, 2.75) is 13.0 Å². The maximum Gasteiger partial charge on any atom is 0.0936 e. The Balaban J connectivity index is 3.28. The molecule has 0 radical (unpaired) electrons. The van der Waals surface area contributed by atoms with E-state index in [0.717, 1.165) is 0 Å². The van der Waals surface area contributed by atoms with Crippen LogP contribution in [-0.4, -0.2) is 6.04 Å². The summed E-state index contributed by atoms with van der Waals surface area (Å²) in [6, 6.07) is 1.09. The fourth-order valence-corrected chi connectivity index (χ4v) is 0.561. The van der Waals surface area contributed by atoms with Crippen molar-refractivity contribution in [2.24, 2.45) is 0 Å². The van der Waals surface area contributed by atoms with Crippen LogP contribution >= 0.6 is 8.53 Å². The molecule has 0 saturated carbocycles. The van der Waals surface area contributed by atoms with Crippen molar-refractivity contribution in [2.75, 3.05) is 0 Å². The van der Waals surface area contributed by atoms with Gasteiger partial charge in [0.25, 0.3) is 0 Å². The van der Waals surface area contributed by atoms with Gasteiger partial charge in [-0.15, -0.1) is 0 Å². The first-order chi connectivity index (χ1) is 3.66. The predicted molar refractivity (Wildman–Crippen MR) is 25.1 cm³/mol. The van der Waals surface area contributed by atoms with Gasteiger partial charge in [0, 0.05) is 0 Å². The average molecular weight is 132 g/mol. The van der Waals surface area contributed by atoms with Crippen molar-refractivity contribution < 1.29 is 9.79 Å². The zero-order valence-electron chi connectivity index (χ0n) is 4.29. The number of nitrogens with one attached hydrogen (secondary N) is 1. The Morgan fingerprint density at radius 2 is 2.25 bits per heavy atom. The van der Waals surface area contributed by atoms with Gasteiger partial charge in [-0.25, -0.2) is 8.53 Å². The lowest BCUT2D eigenvalue weighted by atomic mass is 10.4. The highest BCUT2D eigenvalue weighted by Gasteiger charge is 1.89. The summed E-state index contributed by atoms with van der Waals surface area (Å²) < 4.78 is 0. The molecule has 1 N–H and O–H groups in total. The Labute approximate surface area is 48.7 Å². The van der Waals surface area contributed by atoms with Crippen molar-refractivity contribution in [1.82, 2.24) is 5.09 Å². The number of nitrogens with zero attached hydrogens (tertiary/aromatic N) is 1. The minimum atomic E-state index is -2.62. The molecular weight excluding hydrogens is 127 g/mol. The summed E-state index contributed by atoms with van der Waals surface area (Å²) in [5, 5.41) is 9.99. The number of nitriles is 1. The molecule has 8 heavy (non-hydrogen) atoms. The van der Waals surface area contributed by atoms with E-state index >= 15 is 0 Å². The van der Waals surface area contributed by atoms with Crippen LogP contribution in [0.4, 0.5) is 0 Å². The molecule has 0 aliphatic heterocycles. The highest BCUT2D eigenvalue weighted by Crippen LogP contribution is 2.02. The van der Waals surface area contributed by atoms with Crippen LogP contribution in [0.15, 0.2) is 0 Å². The standard InChI is InChI=1S/C3H5N2O2P/c1-3(2-4)5-8(6)7/h3,5H,1H3/q-2. The summed E-state index contributed by atoms with van der Waals surface area (Å²) in [6.45, 7) is 1.46. The van der Waals surface area contributed by atoms with Gasteiger partial charge in [-0.05, 0) is 6.92 Å². The second kappa shape index (κ2) is 3.76. The molecule has 4 nitrogen and oxygen atoms in total. The average Bonchev–Trinajstić information content (AvgIpc) is 1.65. The van der Waals surface area contributed by atoms with Gasteiger partial charge in [0.1, 0.15) is 0 Å². The Bertz CT molecular complexity index is 99.9. The first-order valence-electron chi connectivity index (χ1n) is 1.97. The first kappa shape index (κ1) is 7.80. The zero-order chi connectivity index (χ0) is 6.57. The Hall–Kier alpha value is -0.200. The van der Waals surface area contributed by atoms with E-state index in [-0.39, 0.29) is 0 Å². The Morgan fingerprint density at radius 3 is 2.38 bits per heavy atom. The zero-order valence-corrected chi connectivity index (χ0v) is 5.18. The third-order valence-electron chi connectivity index (χ3n) is 0.493. The molecule has 46 valence electrons. The molecule has 0 aromatic carbocycles. The highest BCUT2D eigenvalue weighted by atomic mass is 31.2. The van der Waals surface area contributed by atoms with Crippen LogP contribution in [0, 0.1) is 11.3 Å². The van der Waals surface area contributed by atoms with E-state index in [1.165, 1.54) is 6.92 Å². The monoisotopic (exact) mass is 132 g/mol. The molecule has 0 aliphatic rings. The maximum absolute atomic E-state index is 9.74. The molecule has 1 atom stereocenters. The molecule has 0 aliphatic carbocycles. The summed E-state index contributed by atoms with van der Waals surface area (Å²) in [4.78, 5) is 19.5. The summed E-state index contributed by atoms with van der Waals surface area (Å²) in [7, 11) is -2.62. The summed E-state index contributed by atoms with van der Waals surface area (Å²) >= 11 is 0. The molecule has 0 aromatic heterocycles. The fraction of sp³-hybridized carbons (Fsp3) is 0.667. The molecule has 0 amide bonds. The van der Waals surface area contributed by atoms with E-state index < -0.39 is 14.6 Å². The van der Waals surface area contributed by atoms with E-state index in [0.29, 0.717) is 0 Å². The molecule has 5 heteroatoms. The maximum atomic E-state index is 9.74. The Kier molecular flexibility index (Phi) is 3.67. The molecule has 0 heterocycles. The second-order valence-corrected chi connectivity index (χ2v) is 2.01. The van der Waals surface area contributed by atoms with E-state index in [4.69, 9.17) is 5.26 Å². The van der Waals surface area contributed by atoms with E-state index in [1.54, 1.807) is 6.07 Å². The number of rotatable bonds is 2. The first-order valence-corrected chi connectivity index (χ1v) is 3.14. The van der Waals surface area contributed by atoms with Crippen molar-refractivity contribution in [3.8, 4) is 6.07 Å². The van der Waals surface area contributed by atoms with Crippen LogP contribution < -0.4 is 14.9 Å². The summed E-state index contributed by atoms with van der Waals surface area (Å²) in [5.41, 5.74) is 0. The van der Waals surface area contributed by atoms with Gasteiger partial charge in [-0.2, -0.15) is 5.26 Å². The highest BCUT2D eigenvalue weighted by molar-refractivity contribution is 7.39. The summed E-state index contributed by atoms with van der Waals surface area (Å²) in [5.74, 6) is 0. The van der Waals surface area contributed by atoms with Gasteiger partial charge in [-0.3, -0.25) is 0 Å². The minimum Gasteiger partial charge on any atom is -0.830 e. The third-order valence-corrected chi connectivity index (χ3v) is 1.09. The molecule has 0 rings (SSSR count). The minimum absolute atomic E-state index is 0.615. The summed E-state index contributed by atoms with van der Waals surface area (Å²) in [6.07, 6.45) is 0. The second-order valence-electron chi connectivity index (χ2n) is 1.24. The van der Waals surface area contributed by atoms with Crippen LogP contribution in [-0.2, 0) is 0 Å². The number of hydrogen-bond donors (Lipinski definition) is 1. The van der Waals surface area contributed by atoms with E-state index in [2.05, 4.69) is 0 Å². The van der Waals surface area contributed by atoms with Crippen LogP contribution in [0.3, 0.4) is 0 Å². The van der Waals surface area contributed by atoms with Crippen molar-refractivity contribution in [3.05, 3.63) is 0 Å². The van der Waals surface area contributed by atoms with E-state index in [1.807, 2.05) is 5.09 Å². The fourth-order valence-electron chi connectivity index (χ4n) is 0.187. The smallest absolute Gasteiger partial charge is 0.0936 e. The van der Waals surface area contributed by atoms with Crippen molar-refractivity contribution in [1.29, 1.82) is 5.26 Å².